The standard InChI is InChI=1S/C12H10OS/c1-9-4-2-3-5-11(9)12-10(8-13)6-7-14-12/h2-8H,1H3. The Balaban J connectivity index is 2.60. The fourth-order valence-corrected chi connectivity index (χ4v) is 2.42. The minimum atomic E-state index is 0.782. The molecule has 14 heavy (non-hydrogen) atoms. The molecular weight excluding hydrogens is 192 g/mol. The van der Waals surface area contributed by atoms with E-state index < -0.39 is 0 Å². The van der Waals surface area contributed by atoms with Crippen molar-refractivity contribution in [2.24, 2.45) is 0 Å². The molecule has 1 aromatic heterocycles. The largest absolute Gasteiger partial charge is 0.298 e. The zero-order valence-corrected chi connectivity index (χ0v) is 8.67. The number of aryl methyl sites for hydroxylation is 1. The predicted octanol–water partition coefficient (Wildman–Crippen LogP) is 3.54. The van der Waals surface area contributed by atoms with Crippen LogP contribution in [0.25, 0.3) is 10.4 Å². The monoisotopic (exact) mass is 202 g/mol. The molecule has 0 atom stereocenters. The molecule has 2 heteroatoms. The minimum absolute atomic E-state index is 0.782. The van der Waals surface area contributed by atoms with E-state index in [0.717, 1.165) is 22.3 Å². The molecule has 1 aromatic carbocycles. The van der Waals surface area contributed by atoms with Crippen LogP contribution in [-0.4, -0.2) is 6.29 Å². The van der Waals surface area contributed by atoms with Crippen LogP contribution in [0, 0.1) is 6.92 Å². The number of benzene rings is 1. The van der Waals surface area contributed by atoms with Crippen LogP contribution < -0.4 is 0 Å². The molecule has 0 N–H and O–H groups in total. The molecule has 0 radical (unpaired) electrons. The summed E-state index contributed by atoms with van der Waals surface area (Å²) >= 11 is 1.61. The fourth-order valence-electron chi connectivity index (χ4n) is 1.46. The maximum Gasteiger partial charge on any atom is 0.151 e. The molecule has 0 aliphatic rings. The van der Waals surface area contributed by atoms with Crippen molar-refractivity contribution >= 4 is 17.6 Å². The lowest BCUT2D eigenvalue weighted by Crippen LogP contribution is -1.83. The molecule has 0 saturated carbocycles. The van der Waals surface area contributed by atoms with Crippen molar-refractivity contribution in [1.29, 1.82) is 0 Å². The third-order valence-electron chi connectivity index (χ3n) is 2.21. The van der Waals surface area contributed by atoms with Crippen LogP contribution in [0.3, 0.4) is 0 Å². The minimum Gasteiger partial charge on any atom is -0.298 e. The third kappa shape index (κ3) is 1.49. The number of thiophene rings is 1. The predicted molar refractivity (Wildman–Crippen MR) is 59.9 cm³/mol. The van der Waals surface area contributed by atoms with E-state index in [4.69, 9.17) is 0 Å². The molecule has 1 nitrogen and oxygen atoms in total. The van der Waals surface area contributed by atoms with Crippen molar-refractivity contribution in [3.05, 3.63) is 46.8 Å². The van der Waals surface area contributed by atoms with E-state index in [0.29, 0.717) is 0 Å². The molecule has 0 spiro atoms. The number of carbonyl (C=O) groups excluding carboxylic acids is 1. The van der Waals surface area contributed by atoms with Gasteiger partial charge in [-0.15, -0.1) is 11.3 Å². The van der Waals surface area contributed by atoms with Crippen molar-refractivity contribution < 1.29 is 4.79 Å². The number of hydrogen-bond acceptors (Lipinski definition) is 2. The van der Waals surface area contributed by atoms with Crippen molar-refractivity contribution in [1.82, 2.24) is 0 Å². The number of hydrogen-bond donors (Lipinski definition) is 0. The van der Waals surface area contributed by atoms with E-state index in [-0.39, 0.29) is 0 Å². The molecule has 2 aromatic rings. The van der Waals surface area contributed by atoms with Crippen molar-refractivity contribution in [2.45, 2.75) is 6.92 Å². The first-order valence-corrected chi connectivity index (χ1v) is 5.29. The van der Waals surface area contributed by atoms with E-state index in [1.807, 2.05) is 29.6 Å². The Morgan fingerprint density at radius 1 is 1.21 bits per heavy atom. The first-order valence-electron chi connectivity index (χ1n) is 4.41. The van der Waals surface area contributed by atoms with Gasteiger partial charge in [-0.2, -0.15) is 0 Å². The highest BCUT2D eigenvalue weighted by Crippen LogP contribution is 2.30. The summed E-state index contributed by atoms with van der Waals surface area (Å²) < 4.78 is 0. The van der Waals surface area contributed by atoms with Gasteiger partial charge in [0.05, 0.1) is 0 Å². The van der Waals surface area contributed by atoms with Crippen molar-refractivity contribution in [3.8, 4) is 10.4 Å². The van der Waals surface area contributed by atoms with Crippen LogP contribution in [0.1, 0.15) is 15.9 Å². The summed E-state index contributed by atoms with van der Waals surface area (Å²) in [5.41, 5.74) is 3.15. The number of carbonyl (C=O) groups is 1. The fraction of sp³-hybridized carbons (Fsp3) is 0.0833. The summed E-state index contributed by atoms with van der Waals surface area (Å²) in [5, 5.41) is 1.95. The lowest BCUT2D eigenvalue weighted by atomic mass is 10.1. The zero-order valence-electron chi connectivity index (χ0n) is 7.86. The Kier molecular flexibility index (Phi) is 2.46. The van der Waals surface area contributed by atoms with Crippen molar-refractivity contribution in [2.75, 3.05) is 0 Å². The summed E-state index contributed by atoms with van der Waals surface area (Å²) in [7, 11) is 0. The maximum absolute atomic E-state index is 10.8. The Bertz CT molecular complexity index is 457. The van der Waals surface area contributed by atoms with Gasteiger partial charge in [0.2, 0.25) is 0 Å². The molecule has 0 aliphatic carbocycles. The molecule has 0 unspecified atom stereocenters. The molecule has 0 aliphatic heterocycles. The Hall–Kier alpha value is -1.41. The second kappa shape index (κ2) is 3.76. The van der Waals surface area contributed by atoms with Gasteiger partial charge in [-0.1, -0.05) is 24.3 Å². The Morgan fingerprint density at radius 3 is 2.71 bits per heavy atom. The lowest BCUT2D eigenvalue weighted by molar-refractivity contribution is 0.112. The van der Waals surface area contributed by atoms with Crippen LogP contribution in [0.5, 0.6) is 0 Å². The quantitative estimate of drug-likeness (QED) is 0.681. The molecule has 0 amide bonds. The first kappa shape index (κ1) is 9.16. The van der Waals surface area contributed by atoms with Crippen LogP contribution >= 0.6 is 11.3 Å². The average molecular weight is 202 g/mol. The van der Waals surface area contributed by atoms with Gasteiger partial charge < -0.3 is 0 Å². The summed E-state index contributed by atoms with van der Waals surface area (Å²) in [4.78, 5) is 11.8. The van der Waals surface area contributed by atoms with E-state index in [1.54, 1.807) is 11.3 Å². The second-order valence-electron chi connectivity index (χ2n) is 3.14. The van der Waals surface area contributed by atoms with Gasteiger partial charge in [0.15, 0.2) is 6.29 Å². The highest BCUT2D eigenvalue weighted by atomic mass is 32.1. The van der Waals surface area contributed by atoms with Gasteiger partial charge in [0, 0.05) is 10.4 Å². The summed E-state index contributed by atoms with van der Waals surface area (Å²) in [5.74, 6) is 0. The van der Waals surface area contributed by atoms with Gasteiger partial charge in [-0.25, -0.2) is 0 Å². The number of aldehydes is 1. The van der Waals surface area contributed by atoms with Gasteiger partial charge in [-0.3, -0.25) is 4.79 Å². The van der Waals surface area contributed by atoms with Gasteiger partial charge in [0.25, 0.3) is 0 Å². The topological polar surface area (TPSA) is 17.1 Å². The molecule has 0 saturated heterocycles. The molecule has 0 bridgehead atoms. The first-order chi connectivity index (χ1) is 6.83. The normalized spacial score (nSPS) is 10.1. The molecule has 70 valence electrons. The van der Waals surface area contributed by atoms with Crippen molar-refractivity contribution in [3.63, 3.8) is 0 Å². The van der Waals surface area contributed by atoms with Gasteiger partial charge in [-0.05, 0) is 29.5 Å². The summed E-state index contributed by atoms with van der Waals surface area (Å²) in [6.07, 6.45) is 0.915. The highest BCUT2D eigenvalue weighted by molar-refractivity contribution is 7.14. The van der Waals surface area contributed by atoms with Gasteiger partial charge >= 0.3 is 0 Å². The van der Waals surface area contributed by atoms with E-state index >= 15 is 0 Å². The summed E-state index contributed by atoms with van der Waals surface area (Å²) in [6, 6.07) is 9.97. The zero-order chi connectivity index (χ0) is 9.97. The number of rotatable bonds is 2. The summed E-state index contributed by atoms with van der Waals surface area (Å²) in [6.45, 7) is 2.06. The second-order valence-corrected chi connectivity index (χ2v) is 4.05. The van der Waals surface area contributed by atoms with E-state index in [9.17, 15) is 4.79 Å². The van der Waals surface area contributed by atoms with Crippen LogP contribution in [0.4, 0.5) is 0 Å². The molecule has 0 fully saturated rings. The van der Waals surface area contributed by atoms with Gasteiger partial charge in [0.1, 0.15) is 0 Å². The highest BCUT2D eigenvalue weighted by Gasteiger charge is 2.07. The molecule has 1 heterocycles. The molecular formula is C12H10OS. The molecule has 2 rings (SSSR count). The van der Waals surface area contributed by atoms with Crippen LogP contribution in [0.2, 0.25) is 0 Å². The van der Waals surface area contributed by atoms with Crippen LogP contribution in [0.15, 0.2) is 35.7 Å². The smallest absolute Gasteiger partial charge is 0.151 e. The third-order valence-corrected chi connectivity index (χ3v) is 3.18. The average Bonchev–Trinajstić information content (AvgIpc) is 2.66. The Morgan fingerprint density at radius 2 is 2.00 bits per heavy atom. The van der Waals surface area contributed by atoms with E-state index in [2.05, 4.69) is 13.0 Å². The lowest BCUT2D eigenvalue weighted by Gasteiger charge is -2.02. The Labute approximate surface area is 87.0 Å². The maximum atomic E-state index is 10.8. The van der Waals surface area contributed by atoms with Crippen LogP contribution in [-0.2, 0) is 0 Å². The van der Waals surface area contributed by atoms with E-state index in [1.165, 1.54) is 5.56 Å². The SMILES string of the molecule is Cc1ccccc1-c1sccc1C=O.